The molecule has 9 heteroatoms. The first-order chi connectivity index (χ1) is 17.2. The van der Waals surface area contributed by atoms with Gasteiger partial charge < -0.3 is 4.74 Å². The number of ether oxygens (including phenoxy) is 1. The Labute approximate surface area is 215 Å². The van der Waals surface area contributed by atoms with Crippen molar-refractivity contribution in [3.05, 3.63) is 92.6 Å². The van der Waals surface area contributed by atoms with Crippen molar-refractivity contribution < 1.29 is 13.2 Å². The first kappa shape index (κ1) is 24.7. The van der Waals surface area contributed by atoms with Gasteiger partial charge in [-0.1, -0.05) is 29.8 Å². The van der Waals surface area contributed by atoms with Gasteiger partial charge in [-0.05, 0) is 66.8 Å². The Hall–Kier alpha value is -2.94. The van der Waals surface area contributed by atoms with E-state index in [-0.39, 0.29) is 17.4 Å². The molecule has 5 rings (SSSR count). The van der Waals surface area contributed by atoms with Crippen LogP contribution in [-0.2, 0) is 29.4 Å². The highest BCUT2D eigenvalue weighted by Gasteiger charge is 2.30. The van der Waals surface area contributed by atoms with Crippen LogP contribution in [0.5, 0.6) is 5.75 Å². The third-order valence-corrected chi connectivity index (χ3v) is 8.62. The number of rotatable bonds is 7. The summed E-state index contributed by atoms with van der Waals surface area (Å²) in [6.45, 7) is 2.41. The Morgan fingerprint density at radius 2 is 2.00 bits per heavy atom. The summed E-state index contributed by atoms with van der Waals surface area (Å²) < 4.78 is 31.1. The van der Waals surface area contributed by atoms with Crippen molar-refractivity contribution >= 4 is 33.2 Å². The number of hydrogen-bond donors (Lipinski definition) is 0. The van der Waals surface area contributed by atoms with Crippen molar-refractivity contribution in [1.29, 1.82) is 0 Å². The van der Waals surface area contributed by atoms with Gasteiger partial charge in [-0.2, -0.15) is 0 Å². The Kier molecular flexibility index (Phi) is 7.01. The molecule has 1 aromatic carbocycles. The third kappa shape index (κ3) is 5.72. The van der Waals surface area contributed by atoms with Crippen LogP contribution in [0.2, 0.25) is 5.02 Å². The monoisotopic (exact) mass is 525 g/mol. The van der Waals surface area contributed by atoms with Crippen molar-refractivity contribution in [3.8, 4) is 5.75 Å². The van der Waals surface area contributed by atoms with E-state index in [1.807, 2.05) is 0 Å². The van der Waals surface area contributed by atoms with Crippen LogP contribution in [0.1, 0.15) is 35.2 Å². The number of sulfone groups is 1. The third-order valence-electron chi connectivity index (χ3n) is 6.80. The summed E-state index contributed by atoms with van der Waals surface area (Å²) in [6, 6.07) is 13.2. The smallest absolute Gasteiger partial charge is 0.258 e. The Morgan fingerprint density at radius 3 is 2.72 bits per heavy atom. The zero-order chi connectivity index (χ0) is 25.3. The SMILES string of the molecule is CS(=O)(=O)[C@@H]1CCN(Cc2ccc3c(c2)CCC(n2ccc(OCc4ccc(Cl)cn4)cc2=O)=C3)C1. The number of nitrogens with zero attached hydrogens (tertiary/aromatic N) is 3. The molecule has 0 saturated carbocycles. The molecule has 0 bridgehead atoms. The molecule has 1 atom stereocenters. The number of fused-ring (bicyclic) bond motifs is 1. The van der Waals surface area contributed by atoms with Crippen molar-refractivity contribution in [3.63, 3.8) is 0 Å². The Bertz CT molecular complexity index is 1470. The minimum absolute atomic E-state index is 0.141. The maximum absolute atomic E-state index is 12.8. The van der Waals surface area contributed by atoms with E-state index in [2.05, 4.69) is 34.2 Å². The van der Waals surface area contributed by atoms with Gasteiger partial charge in [0, 0.05) is 43.5 Å². The van der Waals surface area contributed by atoms with Gasteiger partial charge in [0.25, 0.3) is 5.56 Å². The van der Waals surface area contributed by atoms with E-state index in [1.54, 1.807) is 35.2 Å². The van der Waals surface area contributed by atoms with Gasteiger partial charge in [0.2, 0.25) is 0 Å². The van der Waals surface area contributed by atoms with Crippen LogP contribution >= 0.6 is 11.6 Å². The molecular formula is C27H28ClN3O4S. The molecule has 188 valence electrons. The van der Waals surface area contributed by atoms with Gasteiger partial charge in [0.1, 0.15) is 12.4 Å². The van der Waals surface area contributed by atoms with Crippen LogP contribution in [0.25, 0.3) is 11.8 Å². The maximum Gasteiger partial charge on any atom is 0.258 e. The topological polar surface area (TPSA) is 81.5 Å². The van der Waals surface area contributed by atoms with Gasteiger partial charge in [-0.25, -0.2) is 8.42 Å². The number of aryl methyl sites for hydroxylation is 1. The molecule has 2 aliphatic rings. The number of halogens is 1. The zero-order valence-corrected chi connectivity index (χ0v) is 21.6. The van der Waals surface area contributed by atoms with Gasteiger partial charge in [0.05, 0.1) is 16.0 Å². The average Bonchev–Trinajstić information content (AvgIpc) is 3.33. The molecule has 36 heavy (non-hydrogen) atoms. The average molecular weight is 526 g/mol. The summed E-state index contributed by atoms with van der Waals surface area (Å²) in [6.07, 6.45) is 9.01. The van der Waals surface area contributed by atoms with E-state index in [1.165, 1.54) is 23.4 Å². The van der Waals surface area contributed by atoms with Crippen LogP contribution < -0.4 is 10.3 Å². The van der Waals surface area contributed by atoms with Gasteiger partial charge in [-0.3, -0.25) is 19.2 Å². The largest absolute Gasteiger partial charge is 0.487 e. The second-order valence-corrected chi connectivity index (χ2v) is 12.2. The van der Waals surface area contributed by atoms with Gasteiger partial charge in [-0.15, -0.1) is 0 Å². The van der Waals surface area contributed by atoms with Crippen molar-refractivity contribution in [2.75, 3.05) is 19.3 Å². The van der Waals surface area contributed by atoms with E-state index < -0.39 is 9.84 Å². The first-order valence-corrected chi connectivity index (χ1v) is 14.3. The molecule has 3 heterocycles. The fourth-order valence-corrected chi connectivity index (χ4v) is 5.93. The molecular weight excluding hydrogens is 498 g/mol. The second-order valence-electron chi connectivity index (χ2n) is 9.47. The minimum atomic E-state index is -2.99. The molecule has 2 aromatic heterocycles. The Morgan fingerprint density at radius 1 is 1.14 bits per heavy atom. The van der Waals surface area contributed by atoms with E-state index in [0.29, 0.717) is 23.7 Å². The lowest BCUT2D eigenvalue weighted by Crippen LogP contribution is -2.26. The number of benzene rings is 1. The fourth-order valence-electron chi connectivity index (χ4n) is 4.80. The molecule has 0 unspecified atom stereocenters. The number of allylic oxidation sites excluding steroid dienone is 1. The highest BCUT2D eigenvalue weighted by Crippen LogP contribution is 2.28. The Balaban J connectivity index is 1.25. The summed E-state index contributed by atoms with van der Waals surface area (Å²) in [4.78, 5) is 19.2. The number of hydrogen-bond acceptors (Lipinski definition) is 6. The molecule has 0 spiro atoms. The van der Waals surface area contributed by atoms with Crippen LogP contribution in [0, 0.1) is 0 Å². The van der Waals surface area contributed by atoms with Crippen LogP contribution in [0.3, 0.4) is 0 Å². The first-order valence-electron chi connectivity index (χ1n) is 11.9. The molecule has 1 aliphatic carbocycles. The van der Waals surface area contributed by atoms with Gasteiger partial charge in [0.15, 0.2) is 9.84 Å². The molecule has 0 radical (unpaired) electrons. The molecule has 0 amide bonds. The van der Waals surface area contributed by atoms with Crippen molar-refractivity contribution in [2.24, 2.45) is 0 Å². The fraction of sp³-hybridized carbons (Fsp3) is 0.333. The van der Waals surface area contributed by atoms with E-state index >= 15 is 0 Å². The van der Waals surface area contributed by atoms with Crippen LogP contribution in [-0.4, -0.2) is 47.5 Å². The van der Waals surface area contributed by atoms with E-state index in [4.69, 9.17) is 16.3 Å². The normalized spacial score (nSPS) is 18.1. The zero-order valence-electron chi connectivity index (χ0n) is 20.1. The molecule has 1 saturated heterocycles. The quantitative estimate of drug-likeness (QED) is 0.463. The predicted molar refractivity (Wildman–Crippen MR) is 142 cm³/mol. The van der Waals surface area contributed by atoms with E-state index in [9.17, 15) is 13.2 Å². The van der Waals surface area contributed by atoms with E-state index in [0.717, 1.165) is 42.9 Å². The van der Waals surface area contributed by atoms with Crippen molar-refractivity contribution in [2.45, 2.75) is 37.7 Å². The predicted octanol–water partition coefficient (Wildman–Crippen LogP) is 4.04. The van der Waals surface area contributed by atoms with Crippen molar-refractivity contribution in [1.82, 2.24) is 14.5 Å². The molecule has 0 N–H and O–H groups in total. The summed E-state index contributed by atoms with van der Waals surface area (Å²) >= 11 is 5.86. The molecule has 1 aliphatic heterocycles. The van der Waals surface area contributed by atoms with Crippen LogP contribution in [0.15, 0.2) is 59.7 Å². The number of aromatic nitrogens is 2. The minimum Gasteiger partial charge on any atom is -0.487 e. The highest BCUT2D eigenvalue weighted by molar-refractivity contribution is 7.91. The lowest BCUT2D eigenvalue weighted by Gasteiger charge is -2.21. The number of pyridine rings is 2. The standard InChI is InChI=1S/C27H28ClN3O4S/c1-36(33,34)26-9-10-30(17-26)16-19-2-3-21-13-24(7-4-20(21)12-19)31-11-8-25(14-27(31)32)35-18-23-6-5-22(28)15-29-23/h2-3,5-6,8,11-15,26H,4,7,9-10,16-18H2,1H3/t26-/m1/s1. The number of likely N-dealkylation sites (tertiary alicyclic amines) is 1. The summed E-state index contributed by atoms with van der Waals surface area (Å²) in [5.41, 5.74) is 5.08. The second kappa shape index (κ2) is 10.2. The molecule has 7 nitrogen and oxygen atoms in total. The molecule has 1 fully saturated rings. The lowest BCUT2D eigenvalue weighted by atomic mass is 9.93. The lowest BCUT2D eigenvalue weighted by molar-refractivity contribution is 0.300. The summed E-state index contributed by atoms with van der Waals surface area (Å²) in [7, 11) is -2.99. The summed E-state index contributed by atoms with van der Waals surface area (Å²) in [5.74, 6) is 0.495. The highest BCUT2D eigenvalue weighted by atomic mass is 35.5. The maximum atomic E-state index is 12.8. The van der Waals surface area contributed by atoms with Gasteiger partial charge >= 0.3 is 0 Å². The molecule has 3 aromatic rings. The van der Waals surface area contributed by atoms with Crippen LogP contribution in [0.4, 0.5) is 0 Å². The summed E-state index contributed by atoms with van der Waals surface area (Å²) in [5, 5.41) is 0.305.